The molecule has 2 aliphatic carbocycles. The van der Waals surface area contributed by atoms with E-state index in [0.717, 1.165) is 0 Å². The number of benzene rings is 2. The standard InChI is InChI=1S/C27H30N2O4Si/c1-18(30)28-27-16-15-22(25-23(27)24(29-32-25)21(31)17-27)33-34(26(2,3)4,19-11-7-5-8-12-19)20-13-9-6-10-14-20/h5-16,22-23,25H,17H2,1-4H3,(H,28,30)/t22-,23+,25+,27-/m1/s1. The molecule has 1 fully saturated rings. The van der Waals surface area contributed by atoms with E-state index in [0.29, 0.717) is 5.71 Å². The Kier molecular flexibility index (Phi) is 5.37. The van der Waals surface area contributed by atoms with Crippen molar-refractivity contribution in [3.63, 3.8) is 0 Å². The summed E-state index contributed by atoms with van der Waals surface area (Å²) in [6.07, 6.45) is 3.18. The Bertz CT molecular complexity index is 1130. The zero-order valence-electron chi connectivity index (χ0n) is 19.9. The first-order chi connectivity index (χ1) is 16.2. The minimum atomic E-state index is -2.85. The number of nitrogens with zero attached hydrogens (tertiary/aromatic N) is 1. The maximum Gasteiger partial charge on any atom is 0.262 e. The molecule has 5 rings (SSSR count). The highest BCUT2D eigenvalue weighted by molar-refractivity contribution is 6.99. The Morgan fingerprint density at radius 3 is 2.21 bits per heavy atom. The number of carbonyl (C=O) groups excluding carboxylic acids is 2. The van der Waals surface area contributed by atoms with Crippen molar-refractivity contribution in [2.45, 2.75) is 56.9 Å². The molecule has 0 saturated heterocycles. The second kappa shape index (κ2) is 8.03. The summed E-state index contributed by atoms with van der Waals surface area (Å²) in [5, 5.41) is 9.32. The summed E-state index contributed by atoms with van der Waals surface area (Å²) in [5.74, 6) is -0.634. The van der Waals surface area contributed by atoms with Crippen molar-refractivity contribution in [3.05, 3.63) is 72.8 Å². The van der Waals surface area contributed by atoms with Crippen LogP contribution >= 0.6 is 0 Å². The third-order valence-corrected chi connectivity index (χ3v) is 12.3. The van der Waals surface area contributed by atoms with Crippen LogP contribution in [-0.4, -0.2) is 43.5 Å². The van der Waals surface area contributed by atoms with Gasteiger partial charge >= 0.3 is 0 Å². The molecule has 0 radical (unpaired) electrons. The Morgan fingerprint density at radius 1 is 1.09 bits per heavy atom. The quantitative estimate of drug-likeness (QED) is 0.534. The molecule has 2 aromatic rings. The van der Waals surface area contributed by atoms with Crippen LogP contribution in [0.1, 0.15) is 34.1 Å². The van der Waals surface area contributed by atoms with Gasteiger partial charge in [-0.15, -0.1) is 0 Å². The van der Waals surface area contributed by atoms with Crippen LogP contribution in [0.2, 0.25) is 5.04 Å². The Hall–Kier alpha value is -3.03. The molecule has 0 aromatic heterocycles. The van der Waals surface area contributed by atoms with Crippen molar-refractivity contribution in [1.82, 2.24) is 5.32 Å². The number of hydrogen-bond donors (Lipinski definition) is 1. The number of nitrogens with one attached hydrogen (secondary N) is 1. The number of Topliss-reactive ketones (excluding diaryl/α,β-unsaturated/α-hetero) is 1. The van der Waals surface area contributed by atoms with Gasteiger partial charge in [0.15, 0.2) is 11.9 Å². The van der Waals surface area contributed by atoms with E-state index in [2.05, 4.69) is 79.8 Å². The van der Waals surface area contributed by atoms with Gasteiger partial charge in [0.1, 0.15) is 11.8 Å². The van der Waals surface area contributed by atoms with Crippen molar-refractivity contribution < 1.29 is 18.9 Å². The molecule has 1 amide bonds. The van der Waals surface area contributed by atoms with E-state index in [9.17, 15) is 9.59 Å². The van der Waals surface area contributed by atoms with Gasteiger partial charge in [0.05, 0.1) is 11.5 Å². The van der Waals surface area contributed by atoms with E-state index < -0.39 is 26.1 Å². The van der Waals surface area contributed by atoms with E-state index in [1.165, 1.54) is 17.3 Å². The molecule has 3 aliphatic rings. The van der Waals surface area contributed by atoms with E-state index in [1.54, 1.807) is 0 Å². The molecule has 0 unspecified atom stereocenters. The van der Waals surface area contributed by atoms with Gasteiger partial charge in [-0.1, -0.05) is 98.7 Å². The Labute approximate surface area is 201 Å². The molecule has 1 N–H and O–H groups in total. The summed E-state index contributed by atoms with van der Waals surface area (Å²) in [6.45, 7) is 8.15. The normalized spacial score (nSPS) is 27.7. The molecular weight excluding hydrogens is 444 g/mol. The fourth-order valence-electron chi connectivity index (χ4n) is 5.90. The van der Waals surface area contributed by atoms with E-state index >= 15 is 0 Å². The first-order valence-electron chi connectivity index (χ1n) is 11.7. The lowest BCUT2D eigenvalue weighted by Gasteiger charge is -2.47. The molecule has 1 aliphatic heterocycles. The summed E-state index contributed by atoms with van der Waals surface area (Å²) < 4.78 is 7.27. The monoisotopic (exact) mass is 474 g/mol. The van der Waals surface area contributed by atoms with Crippen molar-refractivity contribution in [2.75, 3.05) is 0 Å². The first-order valence-corrected chi connectivity index (χ1v) is 13.6. The Morgan fingerprint density at radius 2 is 1.68 bits per heavy atom. The lowest BCUT2D eigenvalue weighted by molar-refractivity contribution is -0.122. The third kappa shape index (κ3) is 3.37. The predicted molar refractivity (Wildman–Crippen MR) is 134 cm³/mol. The largest absolute Gasteiger partial charge is 0.397 e. The van der Waals surface area contributed by atoms with E-state index in [1.807, 2.05) is 24.3 Å². The number of hydrogen-bond acceptors (Lipinski definition) is 5. The van der Waals surface area contributed by atoms with Crippen molar-refractivity contribution >= 4 is 36.1 Å². The molecule has 1 heterocycles. The second-order valence-electron chi connectivity index (χ2n) is 10.5. The summed E-state index contributed by atoms with van der Waals surface area (Å²) >= 11 is 0. The van der Waals surface area contributed by atoms with Gasteiger partial charge in [0.25, 0.3) is 8.32 Å². The molecule has 7 heteroatoms. The second-order valence-corrected chi connectivity index (χ2v) is 14.7. The highest BCUT2D eigenvalue weighted by Gasteiger charge is 2.63. The van der Waals surface area contributed by atoms with Gasteiger partial charge in [-0.2, -0.15) is 0 Å². The van der Waals surface area contributed by atoms with Crippen molar-refractivity contribution in [1.29, 1.82) is 0 Å². The molecule has 0 spiro atoms. The van der Waals surface area contributed by atoms with Gasteiger partial charge in [0.2, 0.25) is 5.91 Å². The molecule has 2 aromatic carbocycles. The van der Waals surface area contributed by atoms with Crippen LogP contribution in [0.3, 0.4) is 0 Å². The van der Waals surface area contributed by atoms with Crippen LogP contribution < -0.4 is 15.7 Å². The van der Waals surface area contributed by atoms with Crippen LogP contribution in [0.5, 0.6) is 0 Å². The Balaban J connectivity index is 1.63. The summed E-state index contributed by atoms with van der Waals surface area (Å²) in [6, 6.07) is 20.8. The first kappa shape index (κ1) is 22.7. The average Bonchev–Trinajstić information content (AvgIpc) is 3.36. The topological polar surface area (TPSA) is 77.0 Å². The van der Waals surface area contributed by atoms with Crippen molar-refractivity contribution in [2.24, 2.45) is 11.1 Å². The number of rotatable bonds is 5. The number of amides is 1. The van der Waals surface area contributed by atoms with Crippen LogP contribution in [0.25, 0.3) is 0 Å². The van der Waals surface area contributed by atoms with Gasteiger partial charge < -0.3 is 14.6 Å². The fraction of sp³-hybridized carbons (Fsp3) is 0.370. The zero-order valence-corrected chi connectivity index (χ0v) is 20.9. The lowest BCUT2D eigenvalue weighted by atomic mass is 9.76. The van der Waals surface area contributed by atoms with Crippen molar-refractivity contribution in [3.8, 4) is 0 Å². The average molecular weight is 475 g/mol. The molecule has 34 heavy (non-hydrogen) atoms. The highest BCUT2D eigenvalue weighted by atomic mass is 28.4. The molecule has 1 saturated carbocycles. The zero-order chi connectivity index (χ0) is 24.1. The maximum atomic E-state index is 12.8. The van der Waals surface area contributed by atoms with Crippen LogP contribution in [0.4, 0.5) is 0 Å². The summed E-state index contributed by atoms with van der Waals surface area (Å²) in [7, 11) is -2.85. The fourth-order valence-corrected chi connectivity index (χ4v) is 10.5. The van der Waals surface area contributed by atoms with E-state index in [-0.39, 0.29) is 29.1 Å². The third-order valence-electron chi connectivity index (χ3n) is 7.24. The molecule has 4 atom stereocenters. The van der Waals surface area contributed by atoms with E-state index in [4.69, 9.17) is 9.26 Å². The summed E-state index contributed by atoms with van der Waals surface area (Å²) in [4.78, 5) is 30.7. The highest BCUT2D eigenvalue weighted by Crippen LogP contribution is 2.47. The SMILES string of the molecule is CC(=O)N[C@]12C=C[C@@H](O[Si](c3ccccc3)(c3ccccc3)C(C)(C)C)[C@@H]3ON=C(C(=O)C1)[C@@H]32. The van der Waals surface area contributed by atoms with Crippen LogP contribution in [0.15, 0.2) is 78.0 Å². The molecule has 6 nitrogen and oxygen atoms in total. The van der Waals surface area contributed by atoms with Crippen LogP contribution in [0, 0.1) is 5.92 Å². The predicted octanol–water partition coefficient (Wildman–Crippen LogP) is 2.72. The molecular formula is C27H30N2O4Si. The molecule has 176 valence electrons. The van der Waals surface area contributed by atoms with Gasteiger partial charge in [-0.3, -0.25) is 9.59 Å². The number of ketones is 1. The van der Waals surface area contributed by atoms with Gasteiger partial charge in [-0.25, -0.2) is 0 Å². The molecule has 0 bridgehead atoms. The lowest BCUT2D eigenvalue weighted by Crippen LogP contribution is -2.69. The maximum absolute atomic E-state index is 12.8. The smallest absolute Gasteiger partial charge is 0.262 e. The van der Waals surface area contributed by atoms with Crippen LogP contribution in [-0.2, 0) is 18.9 Å². The minimum absolute atomic E-state index is 0.0861. The number of carbonyl (C=O) groups is 2. The minimum Gasteiger partial charge on any atom is -0.397 e. The van der Waals surface area contributed by atoms with Gasteiger partial charge in [0, 0.05) is 13.3 Å². The number of oxime groups is 1. The van der Waals surface area contributed by atoms with Gasteiger partial charge in [-0.05, 0) is 15.4 Å². The summed E-state index contributed by atoms with van der Waals surface area (Å²) in [5.41, 5.74) is -0.409.